The molecule has 1 aliphatic heterocycles. The Labute approximate surface area is 79.8 Å². The lowest BCUT2D eigenvalue weighted by atomic mass is 10.1. The predicted octanol–water partition coefficient (Wildman–Crippen LogP) is 0.639. The average molecular weight is 192 g/mol. The quantitative estimate of drug-likeness (QED) is 0.506. The number of carbonyl (C=O) groups is 2. The Hall–Kier alpha value is -2.04. The lowest BCUT2D eigenvalue weighted by Crippen LogP contribution is -2.19. The van der Waals surface area contributed by atoms with Crippen LogP contribution >= 0.6 is 0 Å². The molecule has 14 heavy (non-hydrogen) atoms. The highest BCUT2D eigenvalue weighted by atomic mass is 16.5. The van der Waals surface area contributed by atoms with Crippen molar-refractivity contribution in [2.45, 2.75) is 6.42 Å². The van der Waals surface area contributed by atoms with Gasteiger partial charge in [-0.15, -0.1) is 0 Å². The van der Waals surface area contributed by atoms with E-state index < -0.39 is 6.03 Å². The predicted molar refractivity (Wildman–Crippen MR) is 49.0 cm³/mol. The number of nitrogens with two attached hydrogens (primary N) is 1. The average Bonchev–Trinajstić information content (AvgIpc) is 2.42. The number of rotatable bonds is 1. The van der Waals surface area contributed by atoms with Gasteiger partial charge in [0.2, 0.25) is 0 Å². The molecule has 0 radical (unpaired) electrons. The molecule has 5 heteroatoms. The maximum absolute atomic E-state index is 10.9. The normalized spacial score (nSPS) is 13.3. The number of esters is 1. The lowest BCUT2D eigenvalue weighted by Gasteiger charge is -2.02. The van der Waals surface area contributed by atoms with Crippen molar-refractivity contribution in [2.24, 2.45) is 5.73 Å². The van der Waals surface area contributed by atoms with Gasteiger partial charge in [-0.2, -0.15) is 0 Å². The Morgan fingerprint density at radius 2 is 2.29 bits per heavy atom. The first-order chi connectivity index (χ1) is 6.65. The van der Waals surface area contributed by atoms with Crippen molar-refractivity contribution in [3.8, 4) is 5.75 Å². The maximum Gasteiger partial charge on any atom is 0.316 e. The molecular formula is C9H8N2O3. The third-order valence-corrected chi connectivity index (χ3v) is 1.89. The van der Waals surface area contributed by atoms with Crippen LogP contribution < -0.4 is 15.8 Å². The summed E-state index contributed by atoms with van der Waals surface area (Å²) in [6.07, 6.45) is 0.240. The zero-order chi connectivity index (χ0) is 10.1. The first-order valence-electron chi connectivity index (χ1n) is 4.05. The van der Waals surface area contributed by atoms with Gasteiger partial charge in [0.15, 0.2) is 0 Å². The third kappa shape index (κ3) is 1.52. The van der Waals surface area contributed by atoms with E-state index in [-0.39, 0.29) is 12.4 Å². The van der Waals surface area contributed by atoms with E-state index in [0.717, 1.165) is 5.56 Å². The van der Waals surface area contributed by atoms with Crippen molar-refractivity contribution in [1.29, 1.82) is 0 Å². The molecule has 0 saturated heterocycles. The monoisotopic (exact) mass is 192 g/mol. The van der Waals surface area contributed by atoms with Crippen LogP contribution in [0.5, 0.6) is 5.75 Å². The molecule has 1 aromatic carbocycles. The van der Waals surface area contributed by atoms with Crippen LogP contribution in [0.15, 0.2) is 18.2 Å². The summed E-state index contributed by atoms with van der Waals surface area (Å²) in [7, 11) is 0. The zero-order valence-electron chi connectivity index (χ0n) is 7.24. The number of benzene rings is 1. The van der Waals surface area contributed by atoms with Gasteiger partial charge in [-0.1, -0.05) is 0 Å². The van der Waals surface area contributed by atoms with Gasteiger partial charge in [-0.25, -0.2) is 4.79 Å². The Kier molecular flexibility index (Phi) is 1.85. The molecule has 1 aliphatic rings. The second-order valence-corrected chi connectivity index (χ2v) is 2.96. The highest BCUT2D eigenvalue weighted by Gasteiger charge is 2.20. The second-order valence-electron chi connectivity index (χ2n) is 2.96. The van der Waals surface area contributed by atoms with E-state index in [9.17, 15) is 9.59 Å². The fourth-order valence-corrected chi connectivity index (χ4v) is 1.35. The molecule has 0 spiro atoms. The minimum atomic E-state index is -0.629. The Bertz CT molecular complexity index is 415. The summed E-state index contributed by atoms with van der Waals surface area (Å²) in [4.78, 5) is 21.4. The fourth-order valence-electron chi connectivity index (χ4n) is 1.35. The van der Waals surface area contributed by atoms with Gasteiger partial charge in [0, 0.05) is 11.3 Å². The highest BCUT2D eigenvalue weighted by molar-refractivity contribution is 5.89. The summed E-state index contributed by atoms with van der Waals surface area (Å²) < 4.78 is 4.88. The molecule has 1 aromatic rings. The topological polar surface area (TPSA) is 81.4 Å². The number of carbonyl (C=O) groups excluding carboxylic acids is 2. The minimum absolute atomic E-state index is 0.240. The number of nitrogens with one attached hydrogen (secondary N) is 1. The van der Waals surface area contributed by atoms with E-state index in [1.807, 2.05) is 0 Å². The SMILES string of the molecule is NC(=O)Nc1ccc2c(c1)CC(=O)O2. The number of primary amides is 1. The second kappa shape index (κ2) is 3.02. The molecule has 0 unspecified atom stereocenters. The van der Waals surface area contributed by atoms with Crippen molar-refractivity contribution < 1.29 is 14.3 Å². The summed E-state index contributed by atoms with van der Waals surface area (Å²) in [6, 6.07) is 4.30. The molecule has 0 aliphatic carbocycles. The smallest absolute Gasteiger partial charge is 0.316 e. The van der Waals surface area contributed by atoms with E-state index in [1.54, 1.807) is 18.2 Å². The van der Waals surface area contributed by atoms with Crippen molar-refractivity contribution in [3.05, 3.63) is 23.8 Å². The number of hydrogen-bond acceptors (Lipinski definition) is 3. The Balaban J connectivity index is 2.28. The van der Waals surface area contributed by atoms with Crippen LogP contribution in [0.2, 0.25) is 0 Å². The van der Waals surface area contributed by atoms with Gasteiger partial charge in [-0.05, 0) is 18.2 Å². The van der Waals surface area contributed by atoms with Crippen molar-refractivity contribution in [3.63, 3.8) is 0 Å². The number of urea groups is 1. The molecule has 1 heterocycles. The molecule has 2 amide bonds. The van der Waals surface area contributed by atoms with E-state index in [2.05, 4.69) is 5.32 Å². The van der Waals surface area contributed by atoms with E-state index >= 15 is 0 Å². The summed E-state index contributed by atoms with van der Waals surface area (Å²) in [6.45, 7) is 0. The molecule has 3 N–H and O–H groups in total. The van der Waals surface area contributed by atoms with Gasteiger partial charge < -0.3 is 15.8 Å². The molecular weight excluding hydrogens is 184 g/mol. The molecule has 0 aromatic heterocycles. The van der Waals surface area contributed by atoms with Crippen LogP contribution in [0.4, 0.5) is 10.5 Å². The standard InChI is InChI=1S/C9H8N2O3/c10-9(13)11-6-1-2-7-5(3-6)4-8(12)14-7/h1-3H,4H2,(H3,10,11,13). The fraction of sp³-hybridized carbons (Fsp3) is 0.111. The van der Waals surface area contributed by atoms with Gasteiger partial charge in [0.1, 0.15) is 5.75 Å². The summed E-state index contributed by atoms with van der Waals surface area (Å²) in [5.74, 6) is 0.265. The molecule has 0 saturated carbocycles. The Morgan fingerprint density at radius 3 is 3.00 bits per heavy atom. The van der Waals surface area contributed by atoms with Gasteiger partial charge in [0.05, 0.1) is 6.42 Å². The first-order valence-corrected chi connectivity index (χ1v) is 4.05. The van der Waals surface area contributed by atoms with Crippen LogP contribution in [0, 0.1) is 0 Å². The molecule has 72 valence electrons. The van der Waals surface area contributed by atoms with E-state index in [4.69, 9.17) is 10.5 Å². The Morgan fingerprint density at radius 1 is 1.50 bits per heavy atom. The van der Waals surface area contributed by atoms with Crippen molar-refractivity contribution in [2.75, 3.05) is 5.32 Å². The number of anilines is 1. The largest absolute Gasteiger partial charge is 0.426 e. The molecule has 0 bridgehead atoms. The summed E-state index contributed by atoms with van der Waals surface area (Å²) >= 11 is 0. The molecule has 2 rings (SSSR count). The van der Waals surface area contributed by atoms with Crippen molar-refractivity contribution >= 4 is 17.7 Å². The highest BCUT2D eigenvalue weighted by Crippen LogP contribution is 2.28. The zero-order valence-corrected chi connectivity index (χ0v) is 7.24. The number of fused-ring (bicyclic) bond motifs is 1. The number of amides is 2. The van der Waals surface area contributed by atoms with E-state index in [1.165, 1.54) is 0 Å². The van der Waals surface area contributed by atoms with Crippen LogP contribution in [0.1, 0.15) is 5.56 Å². The van der Waals surface area contributed by atoms with Gasteiger partial charge in [-0.3, -0.25) is 4.79 Å². The summed E-state index contributed by atoms with van der Waals surface area (Å²) in [5, 5.41) is 2.42. The maximum atomic E-state index is 10.9. The van der Waals surface area contributed by atoms with Crippen LogP contribution in [0.3, 0.4) is 0 Å². The number of ether oxygens (including phenoxy) is 1. The van der Waals surface area contributed by atoms with E-state index in [0.29, 0.717) is 11.4 Å². The minimum Gasteiger partial charge on any atom is -0.426 e. The van der Waals surface area contributed by atoms with Crippen LogP contribution in [-0.4, -0.2) is 12.0 Å². The first kappa shape index (κ1) is 8.55. The van der Waals surface area contributed by atoms with Gasteiger partial charge in [0.25, 0.3) is 0 Å². The summed E-state index contributed by atoms with van der Waals surface area (Å²) in [5.41, 5.74) is 6.28. The van der Waals surface area contributed by atoms with Crippen LogP contribution in [0.25, 0.3) is 0 Å². The molecule has 0 fully saturated rings. The molecule has 0 atom stereocenters. The van der Waals surface area contributed by atoms with Crippen molar-refractivity contribution in [1.82, 2.24) is 0 Å². The van der Waals surface area contributed by atoms with Gasteiger partial charge >= 0.3 is 12.0 Å². The van der Waals surface area contributed by atoms with Crippen LogP contribution in [-0.2, 0) is 11.2 Å². The number of hydrogen-bond donors (Lipinski definition) is 2. The lowest BCUT2D eigenvalue weighted by molar-refractivity contribution is -0.131. The third-order valence-electron chi connectivity index (χ3n) is 1.89. The molecule has 5 nitrogen and oxygen atoms in total.